The Morgan fingerprint density at radius 1 is 1.15 bits per heavy atom. The van der Waals surface area contributed by atoms with Gasteiger partial charge in [0, 0.05) is 24.7 Å². The van der Waals surface area contributed by atoms with Crippen molar-refractivity contribution in [1.82, 2.24) is 4.90 Å². The SMILES string of the molecule is CCN(CC(=O)Nc1ccc2c(c1)OCCO2)C(=O)CCC1CCCC1. The van der Waals surface area contributed by atoms with Crippen molar-refractivity contribution in [2.24, 2.45) is 5.92 Å². The molecule has 1 saturated carbocycles. The van der Waals surface area contributed by atoms with Crippen molar-refractivity contribution in [3.8, 4) is 11.5 Å². The molecule has 1 aromatic rings. The summed E-state index contributed by atoms with van der Waals surface area (Å²) >= 11 is 0. The van der Waals surface area contributed by atoms with Crippen molar-refractivity contribution in [3.63, 3.8) is 0 Å². The summed E-state index contributed by atoms with van der Waals surface area (Å²) < 4.78 is 11.0. The molecule has 0 spiro atoms. The highest BCUT2D eigenvalue weighted by atomic mass is 16.6. The van der Waals surface area contributed by atoms with Crippen LogP contribution in [-0.4, -0.2) is 43.0 Å². The molecule has 0 unspecified atom stereocenters. The predicted octanol–water partition coefficient (Wildman–Crippen LogP) is 3.22. The van der Waals surface area contributed by atoms with E-state index in [1.54, 1.807) is 23.1 Å². The Morgan fingerprint density at radius 3 is 2.62 bits per heavy atom. The molecule has 26 heavy (non-hydrogen) atoms. The number of likely N-dealkylation sites (N-methyl/N-ethyl adjacent to an activating group) is 1. The third kappa shape index (κ3) is 4.90. The van der Waals surface area contributed by atoms with E-state index in [0.29, 0.717) is 49.3 Å². The number of hydrogen-bond donors (Lipinski definition) is 1. The van der Waals surface area contributed by atoms with E-state index in [-0.39, 0.29) is 18.4 Å². The second kappa shape index (κ2) is 8.92. The molecule has 0 saturated heterocycles. The molecule has 142 valence electrons. The molecule has 1 aliphatic heterocycles. The van der Waals surface area contributed by atoms with Crippen LogP contribution in [0.4, 0.5) is 5.69 Å². The van der Waals surface area contributed by atoms with Gasteiger partial charge in [0.05, 0.1) is 6.54 Å². The van der Waals surface area contributed by atoms with Gasteiger partial charge in [0.15, 0.2) is 11.5 Å². The Balaban J connectivity index is 1.49. The van der Waals surface area contributed by atoms with Crippen LogP contribution >= 0.6 is 0 Å². The largest absolute Gasteiger partial charge is 0.486 e. The number of fused-ring (bicyclic) bond motifs is 1. The Bertz CT molecular complexity index is 641. The zero-order valence-electron chi connectivity index (χ0n) is 15.5. The molecular weight excluding hydrogens is 332 g/mol. The van der Waals surface area contributed by atoms with Crippen molar-refractivity contribution >= 4 is 17.5 Å². The molecule has 1 heterocycles. The van der Waals surface area contributed by atoms with Gasteiger partial charge in [-0.15, -0.1) is 0 Å². The highest BCUT2D eigenvalue weighted by molar-refractivity contribution is 5.94. The van der Waals surface area contributed by atoms with Gasteiger partial charge in [0.1, 0.15) is 13.2 Å². The first-order valence-electron chi connectivity index (χ1n) is 9.63. The number of nitrogens with one attached hydrogen (secondary N) is 1. The van der Waals surface area contributed by atoms with E-state index in [2.05, 4.69) is 5.32 Å². The highest BCUT2D eigenvalue weighted by Gasteiger charge is 2.20. The smallest absolute Gasteiger partial charge is 0.243 e. The van der Waals surface area contributed by atoms with E-state index in [0.717, 1.165) is 6.42 Å². The summed E-state index contributed by atoms with van der Waals surface area (Å²) in [7, 11) is 0. The fourth-order valence-corrected chi connectivity index (χ4v) is 3.66. The molecule has 6 nitrogen and oxygen atoms in total. The van der Waals surface area contributed by atoms with Crippen molar-refractivity contribution in [3.05, 3.63) is 18.2 Å². The van der Waals surface area contributed by atoms with Gasteiger partial charge in [0.2, 0.25) is 11.8 Å². The van der Waals surface area contributed by atoms with Crippen LogP contribution in [0, 0.1) is 5.92 Å². The summed E-state index contributed by atoms with van der Waals surface area (Å²) in [5, 5.41) is 2.84. The van der Waals surface area contributed by atoms with Crippen LogP contribution in [0.5, 0.6) is 11.5 Å². The zero-order chi connectivity index (χ0) is 18.4. The Morgan fingerprint density at radius 2 is 1.88 bits per heavy atom. The molecule has 2 aliphatic rings. The fraction of sp³-hybridized carbons (Fsp3) is 0.600. The van der Waals surface area contributed by atoms with Crippen molar-refractivity contribution in [2.75, 3.05) is 31.6 Å². The molecule has 3 rings (SSSR count). The number of carbonyl (C=O) groups excluding carboxylic acids is 2. The Labute approximate surface area is 154 Å². The van der Waals surface area contributed by atoms with Gasteiger partial charge < -0.3 is 19.7 Å². The first-order chi connectivity index (χ1) is 12.7. The van der Waals surface area contributed by atoms with Crippen molar-refractivity contribution < 1.29 is 19.1 Å². The van der Waals surface area contributed by atoms with Gasteiger partial charge in [-0.1, -0.05) is 25.7 Å². The lowest BCUT2D eigenvalue weighted by Crippen LogP contribution is -2.37. The van der Waals surface area contributed by atoms with E-state index in [4.69, 9.17) is 9.47 Å². The molecule has 1 fully saturated rings. The van der Waals surface area contributed by atoms with Gasteiger partial charge in [-0.25, -0.2) is 0 Å². The fourth-order valence-electron chi connectivity index (χ4n) is 3.66. The normalized spacial score (nSPS) is 16.3. The third-order valence-electron chi connectivity index (χ3n) is 5.14. The second-order valence-corrected chi connectivity index (χ2v) is 7.00. The summed E-state index contributed by atoms with van der Waals surface area (Å²) in [5.41, 5.74) is 0.647. The van der Waals surface area contributed by atoms with Crippen LogP contribution < -0.4 is 14.8 Å². The van der Waals surface area contributed by atoms with Gasteiger partial charge in [-0.3, -0.25) is 9.59 Å². The standard InChI is InChI=1S/C20H28N2O4/c1-2-22(20(24)10-7-15-5-3-4-6-15)14-19(23)21-16-8-9-17-18(13-16)26-12-11-25-17/h8-9,13,15H,2-7,10-12,14H2,1H3,(H,21,23). The highest BCUT2D eigenvalue weighted by Crippen LogP contribution is 2.32. The third-order valence-corrected chi connectivity index (χ3v) is 5.14. The minimum atomic E-state index is -0.197. The molecule has 0 atom stereocenters. The number of ether oxygens (including phenoxy) is 2. The summed E-state index contributed by atoms with van der Waals surface area (Å²) in [6, 6.07) is 5.32. The predicted molar refractivity (Wildman–Crippen MR) is 99.5 cm³/mol. The van der Waals surface area contributed by atoms with Crippen LogP contribution in [0.1, 0.15) is 45.4 Å². The molecule has 1 N–H and O–H groups in total. The molecule has 1 aliphatic carbocycles. The topological polar surface area (TPSA) is 67.9 Å². The minimum absolute atomic E-state index is 0.0664. The van der Waals surface area contributed by atoms with Crippen LogP contribution in [0.2, 0.25) is 0 Å². The lowest BCUT2D eigenvalue weighted by atomic mass is 10.0. The molecule has 6 heteroatoms. The maximum Gasteiger partial charge on any atom is 0.243 e. The average molecular weight is 360 g/mol. The van der Waals surface area contributed by atoms with Crippen LogP contribution in [-0.2, 0) is 9.59 Å². The number of hydrogen-bond acceptors (Lipinski definition) is 4. The maximum atomic E-state index is 12.4. The van der Waals surface area contributed by atoms with E-state index < -0.39 is 0 Å². The van der Waals surface area contributed by atoms with Gasteiger partial charge in [-0.2, -0.15) is 0 Å². The van der Waals surface area contributed by atoms with Crippen molar-refractivity contribution in [2.45, 2.75) is 45.4 Å². The summed E-state index contributed by atoms with van der Waals surface area (Å²) in [6.45, 7) is 3.56. The van der Waals surface area contributed by atoms with E-state index in [9.17, 15) is 9.59 Å². The number of nitrogens with zero attached hydrogens (tertiary/aromatic N) is 1. The molecule has 0 bridgehead atoms. The number of amides is 2. The lowest BCUT2D eigenvalue weighted by Gasteiger charge is -2.22. The van der Waals surface area contributed by atoms with Crippen molar-refractivity contribution in [1.29, 1.82) is 0 Å². The zero-order valence-corrected chi connectivity index (χ0v) is 15.5. The number of rotatable bonds is 7. The number of carbonyl (C=O) groups is 2. The van der Waals surface area contributed by atoms with Gasteiger partial charge >= 0.3 is 0 Å². The summed E-state index contributed by atoms with van der Waals surface area (Å²) in [6.07, 6.45) is 6.53. The first kappa shape index (κ1) is 18.5. The van der Waals surface area contributed by atoms with E-state index in [1.165, 1.54) is 25.7 Å². The summed E-state index contributed by atoms with van der Waals surface area (Å²) in [4.78, 5) is 26.4. The first-order valence-corrected chi connectivity index (χ1v) is 9.63. The van der Waals surface area contributed by atoms with Crippen LogP contribution in [0.15, 0.2) is 18.2 Å². The summed E-state index contributed by atoms with van der Waals surface area (Å²) in [5.74, 6) is 1.87. The molecule has 0 aromatic heterocycles. The Kier molecular flexibility index (Phi) is 6.36. The second-order valence-electron chi connectivity index (χ2n) is 7.00. The minimum Gasteiger partial charge on any atom is -0.486 e. The monoisotopic (exact) mass is 360 g/mol. The van der Waals surface area contributed by atoms with Crippen LogP contribution in [0.25, 0.3) is 0 Å². The number of benzene rings is 1. The quantitative estimate of drug-likeness (QED) is 0.811. The Hall–Kier alpha value is -2.24. The number of anilines is 1. The molecule has 1 aromatic carbocycles. The van der Waals surface area contributed by atoms with Gasteiger partial charge in [0.25, 0.3) is 0 Å². The van der Waals surface area contributed by atoms with Crippen LogP contribution in [0.3, 0.4) is 0 Å². The molecule has 2 amide bonds. The van der Waals surface area contributed by atoms with E-state index in [1.807, 2.05) is 6.92 Å². The molecular formula is C20H28N2O4. The lowest BCUT2D eigenvalue weighted by molar-refractivity contribution is -0.134. The average Bonchev–Trinajstić information content (AvgIpc) is 3.17. The molecule has 0 radical (unpaired) electrons. The van der Waals surface area contributed by atoms with Gasteiger partial charge in [-0.05, 0) is 31.4 Å². The maximum absolute atomic E-state index is 12.4. The van der Waals surface area contributed by atoms with E-state index >= 15 is 0 Å².